The standard InChI is InChI=1S/C13H17N3S/c14-6-2-1-3-7-16-8-9-17-13-5-4-11(15)10-12(13)16/h4-5,10H,1-3,7-9,15H2. The van der Waals surface area contributed by atoms with Crippen LogP contribution in [0.5, 0.6) is 0 Å². The number of nitrogens with zero attached hydrogens (tertiary/aromatic N) is 2. The minimum absolute atomic E-state index is 0.659. The third-order valence-corrected chi connectivity index (χ3v) is 3.95. The van der Waals surface area contributed by atoms with Gasteiger partial charge in [-0.25, -0.2) is 0 Å². The number of nitriles is 1. The third-order valence-electron chi connectivity index (χ3n) is 2.91. The van der Waals surface area contributed by atoms with E-state index >= 15 is 0 Å². The average Bonchev–Trinajstić information content (AvgIpc) is 2.35. The summed E-state index contributed by atoms with van der Waals surface area (Å²) in [6, 6.07) is 8.32. The number of anilines is 2. The Morgan fingerprint density at radius 1 is 1.41 bits per heavy atom. The molecule has 0 aromatic heterocycles. The lowest BCUT2D eigenvalue weighted by molar-refractivity contribution is 0.703. The van der Waals surface area contributed by atoms with E-state index in [1.54, 1.807) is 0 Å². The predicted molar refractivity (Wildman–Crippen MR) is 73.3 cm³/mol. The second kappa shape index (κ2) is 5.83. The molecule has 0 fully saturated rings. The molecule has 2 N–H and O–H groups in total. The van der Waals surface area contributed by atoms with Crippen LogP contribution >= 0.6 is 11.8 Å². The van der Waals surface area contributed by atoms with Gasteiger partial charge in [0.15, 0.2) is 0 Å². The zero-order valence-corrected chi connectivity index (χ0v) is 10.7. The van der Waals surface area contributed by atoms with Crippen molar-refractivity contribution in [3.05, 3.63) is 18.2 Å². The summed E-state index contributed by atoms with van der Waals surface area (Å²) in [4.78, 5) is 3.71. The SMILES string of the molecule is N#CCCCCN1CCSc2ccc(N)cc21. The van der Waals surface area contributed by atoms with Gasteiger partial charge in [-0.1, -0.05) is 0 Å². The van der Waals surface area contributed by atoms with Crippen LogP contribution < -0.4 is 10.6 Å². The van der Waals surface area contributed by atoms with Gasteiger partial charge in [-0.05, 0) is 31.0 Å². The molecule has 0 saturated carbocycles. The highest BCUT2D eigenvalue weighted by Gasteiger charge is 2.16. The van der Waals surface area contributed by atoms with E-state index in [0.717, 1.165) is 37.4 Å². The van der Waals surface area contributed by atoms with Crippen molar-refractivity contribution in [3.63, 3.8) is 0 Å². The summed E-state index contributed by atoms with van der Waals surface area (Å²) in [5, 5.41) is 8.51. The summed E-state index contributed by atoms with van der Waals surface area (Å²) < 4.78 is 0. The summed E-state index contributed by atoms with van der Waals surface area (Å²) in [6.07, 6.45) is 2.72. The second-order valence-corrected chi connectivity index (χ2v) is 5.31. The topological polar surface area (TPSA) is 53.0 Å². The summed E-state index contributed by atoms with van der Waals surface area (Å²) in [5.74, 6) is 1.13. The maximum atomic E-state index is 8.51. The first-order chi connectivity index (χ1) is 8.31. The van der Waals surface area contributed by atoms with Crippen molar-refractivity contribution < 1.29 is 0 Å². The molecule has 0 amide bonds. The van der Waals surface area contributed by atoms with E-state index in [0.29, 0.717) is 6.42 Å². The number of unbranched alkanes of at least 4 members (excludes halogenated alkanes) is 2. The molecule has 4 heteroatoms. The maximum absolute atomic E-state index is 8.51. The molecular weight excluding hydrogens is 230 g/mol. The van der Waals surface area contributed by atoms with Crippen LogP contribution in [-0.4, -0.2) is 18.8 Å². The lowest BCUT2D eigenvalue weighted by atomic mass is 10.2. The van der Waals surface area contributed by atoms with Crippen molar-refractivity contribution in [1.82, 2.24) is 0 Å². The van der Waals surface area contributed by atoms with E-state index in [9.17, 15) is 0 Å². The van der Waals surface area contributed by atoms with Crippen LogP contribution in [0, 0.1) is 11.3 Å². The molecule has 1 heterocycles. The number of rotatable bonds is 4. The number of nitrogen functional groups attached to an aromatic ring is 1. The van der Waals surface area contributed by atoms with E-state index in [4.69, 9.17) is 11.0 Å². The molecule has 1 aromatic carbocycles. The molecule has 2 rings (SSSR count). The van der Waals surface area contributed by atoms with Gasteiger partial charge in [-0.15, -0.1) is 11.8 Å². The fraction of sp³-hybridized carbons (Fsp3) is 0.462. The molecule has 0 unspecified atom stereocenters. The van der Waals surface area contributed by atoms with Crippen molar-refractivity contribution >= 4 is 23.1 Å². The second-order valence-electron chi connectivity index (χ2n) is 4.18. The number of fused-ring (bicyclic) bond motifs is 1. The fourth-order valence-corrected chi connectivity index (χ4v) is 3.06. The van der Waals surface area contributed by atoms with E-state index in [-0.39, 0.29) is 0 Å². The quantitative estimate of drug-likeness (QED) is 0.656. The van der Waals surface area contributed by atoms with Crippen LogP contribution in [0.25, 0.3) is 0 Å². The average molecular weight is 247 g/mol. The van der Waals surface area contributed by atoms with Gasteiger partial charge < -0.3 is 10.6 Å². The normalized spacial score (nSPS) is 14.2. The van der Waals surface area contributed by atoms with Crippen LogP contribution in [-0.2, 0) is 0 Å². The molecule has 0 aliphatic carbocycles. The third kappa shape index (κ3) is 3.07. The van der Waals surface area contributed by atoms with Crippen molar-refractivity contribution in [1.29, 1.82) is 5.26 Å². The van der Waals surface area contributed by atoms with Gasteiger partial charge in [0.25, 0.3) is 0 Å². The van der Waals surface area contributed by atoms with Gasteiger partial charge in [0.05, 0.1) is 11.8 Å². The predicted octanol–water partition coefficient (Wildman–Crippen LogP) is 2.87. The summed E-state index contributed by atoms with van der Waals surface area (Å²) >= 11 is 1.90. The number of hydrogen-bond donors (Lipinski definition) is 1. The first-order valence-corrected chi connectivity index (χ1v) is 6.94. The minimum atomic E-state index is 0.659. The molecule has 17 heavy (non-hydrogen) atoms. The lowest BCUT2D eigenvalue weighted by Crippen LogP contribution is -2.30. The lowest BCUT2D eigenvalue weighted by Gasteiger charge is -2.31. The van der Waals surface area contributed by atoms with Crippen LogP contribution in [0.4, 0.5) is 11.4 Å². The first-order valence-electron chi connectivity index (χ1n) is 5.95. The van der Waals surface area contributed by atoms with Crippen LogP contribution in [0.2, 0.25) is 0 Å². The monoisotopic (exact) mass is 247 g/mol. The Balaban J connectivity index is 2.01. The summed E-state index contributed by atoms with van der Waals surface area (Å²) in [5.41, 5.74) is 7.93. The fourth-order valence-electron chi connectivity index (χ4n) is 2.03. The Labute approximate surface area is 107 Å². The largest absolute Gasteiger partial charge is 0.399 e. The summed E-state index contributed by atoms with van der Waals surface area (Å²) in [6.45, 7) is 2.10. The van der Waals surface area contributed by atoms with Crippen molar-refractivity contribution in [2.24, 2.45) is 0 Å². The molecule has 1 aliphatic rings. The van der Waals surface area contributed by atoms with Gasteiger partial charge in [0.1, 0.15) is 0 Å². The number of thioether (sulfide) groups is 1. The molecule has 90 valence electrons. The zero-order chi connectivity index (χ0) is 12.1. The molecule has 0 bridgehead atoms. The van der Waals surface area contributed by atoms with Crippen LogP contribution in [0.1, 0.15) is 19.3 Å². The smallest absolute Gasteiger partial charge is 0.0621 e. The molecule has 0 radical (unpaired) electrons. The number of nitrogens with two attached hydrogens (primary N) is 1. The molecule has 1 aromatic rings. The molecule has 0 spiro atoms. The highest BCUT2D eigenvalue weighted by Crippen LogP contribution is 2.36. The number of benzene rings is 1. The van der Waals surface area contributed by atoms with E-state index in [1.165, 1.54) is 10.6 Å². The summed E-state index contributed by atoms with van der Waals surface area (Å²) in [7, 11) is 0. The number of hydrogen-bond acceptors (Lipinski definition) is 4. The minimum Gasteiger partial charge on any atom is -0.399 e. The van der Waals surface area contributed by atoms with Gasteiger partial charge in [-0.3, -0.25) is 0 Å². The first kappa shape index (κ1) is 12.1. The molecule has 1 aliphatic heterocycles. The maximum Gasteiger partial charge on any atom is 0.0621 e. The van der Waals surface area contributed by atoms with Crippen LogP contribution in [0.3, 0.4) is 0 Å². The van der Waals surface area contributed by atoms with Crippen LogP contribution in [0.15, 0.2) is 23.1 Å². The van der Waals surface area contributed by atoms with Crippen molar-refractivity contribution in [2.45, 2.75) is 24.2 Å². The van der Waals surface area contributed by atoms with Gasteiger partial charge in [0.2, 0.25) is 0 Å². The Kier molecular flexibility index (Phi) is 4.16. The highest BCUT2D eigenvalue weighted by molar-refractivity contribution is 7.99. The van der Waals surface area contributed by atoms with Crippen molar-refractivity contribution in [3.8, 4) is 6.07 Å². The van der Waals surface area contributed by atoms with E-state index in [1.807, 2.05) is 17.8 Å². The molecule has 0 atom stereocenters. The molecular formula is C13H17N3S. The molecule has 0 saturated heterocycles. The Hall–Kier alpha value is -1.34. The zero-order valence-electron chi connectivity index (χ0n) is 9.85. The Morgan fingerprint density at radius 3 is 3.12 bits per heavy atom. The Bertz CT molecular complexity index is 425. The van der Waals surface area contributed by atoms with E-state index in [2.05, 4.69) is 23.1 Å². The van der Waals surface area contributed by atoms with Gasteiger partial charge in [0, 0.05) is 35.8 Å². The van der Waals surface area contributed by atoms with E-state index < -0.39 is 0 Å². The Morgan fingerprint density at radius 2 is 2.29 bits per heavy atom. The van der Waals surface area contributed by atoms with Gasteiger partial charge >= 0.3 is 0 Å². The highest BCUT2D eigenvalue weighted by atomic mass is 32.2. The molecule has 3 nitrogen and oxygen atoms in total. The van der Waals surface area contributed by atoms with Gasteiger partial charge in [-0.2, -0.15) is 5.26 Å². The van der Waals surface area contributed by atoms with Crippen molar-refractivity contribution in [2.75, 3.05) is 29.5 Å².